The van der Waals surface area contributed by atoms with Crippen LogP contribution in [0.3, 0.4) is 0 Å². The number of nitrogens with one attached hydrogen (secondary N) is 1. The molecule has 0 aliphatic heterocycles. The van der Waals surface area contributed by atoms with E-state index in [0.717, 1.165) is 10.6 Å². The summed E-state index contributed by atoms with van der Waals surface area (Å²) in [6, 6.07) is 12.8. The van der Waals surface area contributed by atoms with E-state index in [-0.39, 0.29) is 5.91 Å². The van der Waals surface area contributed by atoms with Crippen LogP contribution in [0.2, 0.25) is 5.02 Å². The highest BCUT2D eigenvalue weighted by Crippen LogP contribution is 2.22. The van der Waals surface area contributed by atoms with E-state index in [1.54, 1.807) is 47.4 Å². The van der Waals surface area contributed by atoms with Gasteiger partial charge in [0, 0.05) is 29.4 Å². The van der Waals surface area contributed by atoms with Crippen LogP contribution in [-0.2, 0) is 14.8 Å². The summed E-state index contributed by atoms with van der Waals surface area (Å²) in [5.74, 6) is -0.675. The van der Waals surface area contributed by atoms with Crippen molar-refractivity contribution in [3.05, 3.63) is 59.1 Å². The SMILES string of the molecule is CCN(CC)C(=O)c1cccc(NC(=O)CN(c2cccc(Cl)c2)S(C)(=O)=O)c1. The van der Waals surface area contributed by atoms with Crippen molar-refractivity contribution in [3.63, 3.8) is 0 Å². The van der Waals surface area contributed by atoms with Crippen molar-refractivity contribution >= 4 is 44.8 Å². The fourth-order valence-corrected chi connectivity index (χ4v) is 3.82. The van der Waals surface area contributed by atoms with Gasteiger partial charge in [0.25, 0.3) is 5.91 Å². The lowest BCUT2D eigenvalue weighted by atomic mass is 10.1. The standard InChI is InChI=1S/C20H24ClN3O4S/c1-4-23(5-2)20(26)15-8-6-10-17(12-15)22-19(25)14-24(29(3,27)28)18-11-7-9-16(21)13-18/h6-13H,4-5,14H2,1-3H3,(H,22,25). The zero-order valence-electron chi connectivity index (χ0n) is 16.6. The third-order valence-corrected chi connectivity index (χ3v) is 5.60. The lowest BCUT2D eigenvalue weighted by molar-refractivity contribution is -0.114. The molecule has 29 heavy (non-hydrogen) atoms. The van der Waals surface area contributed by atoms with Crippen LogP contribution >= 0.6 is 11.6 Å². The van der Waals surface area contributed by atoms with Crippen LogP contribution in [0.5, 0.6) is 0 Å². The molecule has 9 heteroatoms. The van der Waals surface area contributed by atoms with Crippen LogP contribution in [0.25, 0.3) is 0 Å². The summed E-state index contributed by atoms with van der Waals surface area (Å²) in [5, 5.41) is 3.01. The van der Waals surface area contributed by atoms with E-state index in [1.807, 2.05) is 13.8 Å². The molecule has 0 saturated carbocycles. The smallest absolute Gasteiger partial charge is 0.253 e. The summed E-state index contributed by atoms with van der Waals surface area (Å²) in [4.78, 5) is 26.7. The zero-order chi connectivity index (χ0) is 21.6. The second kappa shape index (κ2) is 9.76. The maximum atomic E-state index is 12.5. The maximum absolute atomic E-state index is 12.5. The third-order valence-electron chi connectivity index (χ3n) is 4.23. The van der Waals surface area contributed by atoms with Crippen molar-refractivity contribution in [2.45, 2.75) is 13.8 Å². The summed E-state index contributed by atoms with van der Waals surface area (Å²) in [6.45, 7) is 4.52. The second-order valence-corrected chi connectivity index (χ2v) is 8.70. The highest BCUT2D eigenvalue weighted by molar-refractivity contribution is 7.92. The first kappa shape index (κ1) is 22.7. The summed E-state index contributed by atoms with van der Waals surface area (Å²) >= 11 is 5.94. The number of hydrogen-bond acceptors (Lipinski definition) is 4. The average molecular weight is 438 g/mol. The summed E-state index contributed by atoms with van der Waals surface area (Å²) in [7, 11) is -3.71. The minimum Gasteiger partial charge on any atom is -0.339 e. The highest BCUT2D eigenvalue weighted by Gasteiger charge is 2.21. The molecular weight excluding hydrogens is 414 g/mol. The van der Waals surface area contributed by atoms with Crippen LogP contribution in [-0.4, -0.2) is 51.0 Å². The number of nitrogens with zero attached hydrogens (tertiary/aromatic N) is 2. The van der Waals surface area contributed by atoms with Crippen LogP contribution in [0.4, 0.5) is 11.4 Å². The van der Waals surface area contributed by atoms with Crippen molar-refractivity contribution < 1.29 is 18.0 Å². The molecule has 0 unspecified atom stereocenters. The van der Waals surface area contributed by atoms with Gasteiger partial charge in [0.15, 0.2) is 0 Å². The first-order valence-electron chi connectivity index (χ1n) is 9.08. The molecule has 0 aliphatic rings. The first-order valence-corrected chi connectivity index (χ1v) is 11.3. The molecule has 156 valence electrons. The molecule has 0 bridgehead atoms. The molecule has 0 saturated heterocycles. The minimum absolute atomic E-state index is 0.136. The van der Waals surface area contributed by atoms with Gasteiger partial charge in [-0.3, -0.25) is 13.9 Å². The van der Waals surface area contributed by atoms with E-state index in [1.165, 1.54) is 6.07 Å². The van der Waals surface area contributed by atoms with Crippen LogP contribution in [0.15, 0.2) is 48.5 Å². The molecule has 0 atom stereocenters. The molecular formula is C20H24ClN3O4S. The minimum atomic E-state index is -3.71. The van der Waals surface area contributed by atoms with E-state index in [0.29, 0.717) is 35.1 Å². The monoisotopic (exact) mass is 437 g/mol. The fraction of sp³-hybridized carbons (Fsp3) is 0.300. The molecule has 0 aromatic heterocycles. The number of amides is 2. The van der Waals surface area contributed by atoms with Gasteiger partial charge in [0.1, 0.15) is 6.54 Å². The van der Waals surface area contributed by atoms with E-state index >= 15 is 0 Å². The quantitative estimate of drug-likeness (QED) is 0.686. The molecule has 2 aromatic rings. The molecule has 0 fully saturated rings. The van der Waals surface area contributed by atoms with Crippen molar-refractivity contribution in [1.82, 2.24) is 4.90 Å². The molecule has 2 rings (SSSR count). The Hall–Kier alpha value is -2.58. The number of hydrogen-bond donors (Lipinski definition) is 1. The van der Waals surface area contributed by atoms with E-state index in [2.05, 4.69) is 5.32 Å². The predicted molar refractivity (Wildman–Crippen MR) is 116 cm³/mol. The Morgan fingerprint density at radius 1 is 1.03 bits per heavy atom. The van der Waals surface area contributed by atoms with Crippen molar-refractivity contribution in [3.8, 4) is 0 Å². The average Bonchev–Trinajstić information content (AvgIpc) is 2.66. The Bertz CT molecular complexity index is 991. The van der Waals surface area contributed by atoms with Gasteiger partial charge in [-0.05, 0) is 50.2 Å². The first-order chi connectivity index (χ1) is 13.7. The fourth-order valence-electron chi connectivity index (χ4n) is 2.79. The highest BCUT2D eigenvalue weighted by atomic mass is 35.5. The number of carbonyl (C=O) groups excluding carboxylic acids is 2. The molecule has 7 nitrogen and oxygen atoms in total. The summed E-state index contributed by atoms with van der Waals surface area (Å²) in [5.41, 5.74) is 1.15. The van der Waals surface area contributed by atoms with Gasteiger partial charge >= 0.3 is 0 Å². The predicted octanol–water partition coefficient (Wildman–Crippen LogP) is 3.23. The van der Waals surface area contributed by atoms with Crippen molar-refractivity contribution in [2.24, 2.45) is 0 Å². The second-order valence-electron chi connectivity index (χ2n) is 6.36. The number of anilines is 2. The Balaban J connectivity index is 2.19. The van der Waals surface area contributed by atoms with E-state index in [4.69, 9.17) is 11.6 Å². The third kappa shape index (κ3) is 6.20. The molecule has 0 heterocycles. The van der Waals surface area contributed by atoms with Crippen molar-refractivity contribution in [2.75, 3.05) is 35.5 Å². The Labute approximate surface area is 176 Å². The Kier molecular flexibility index (Phi) is 7.64. The van der Waals surface area contributed by atoms with Gasteiger partial charge in [-0.25, -0.2) is 8.42 Å². The zero-order valence-corrected chi connectivity index (χ0v) is 18.1. The maximum Gasteiger partial charge on any atom is 0.253 e. The van der Waals surface area contributed by atoms with Gasteiger partial charge in [-0.15, -0.1) is 0 Å². The van der Waals surface area contributed by atoms with Gasteiger partial charge < -0.3 is 10.2 Å². The number of sulfonamides is 1. The van der Waals surface area contributed by atoms with E-state index < -0.39 is 22.5 Å². The van der Waals surface area contributed by atoms with Gasteiger partial charge in [0.2, 0.25) is 15.9 Å². The number of rotatable bonds is 8. The van der Waals surface area contributed by atoms with Crippen LogP contribution < -0.4 is 9.62 Å². The molecule has 1 N–H and O–H groups in total. The van der Waals surface area contributed by atoms with Gasteiger partial charge in [-0.2, -0.15) is 0 Å². The molecule has 2 amide bonds. The number of carbonyl (C=O) groups is 2. The van der Waals surface area contributed by atoms with Crippen LogP contribution in [0, 0.1) is 0 Å². The molecule has 0 aliphatic carbocycles. The van der Waals surface area contributed by atoms with Gasteiger partial charge in [-0.1, -0.05) is 23.7 Å². The van der Waals surface area contributed by atoms with Crippen molar-refractivity contribution in [1.29, 1.82) is 0 Å². The summed E-state index contributed by atoms with van der Waals surface area (Å²) < 4.78 is 25.3. The molecule has 2 aromatic carbocycles. The summed E-state index contributed by atoms with van der Waals surface area (Å²) in [6.07, 6.45) is 1.02. The van der Waals surface area contributed by atoms with E-state index in [9.17, 15) is 18.0 Å². The lowest BCUT2D eigenvalue weighted by Gasteiger charge is -2.22. The largest absolute Gasteiger partial charge is 0.339 e. The van der Waals surface area contributed by atoms with Crippen LogP contribution in [0.1, 0.15) is 24.2 Å². The Morgan fingerprint density at radius 3 is 2.28 bits per heavy atom. The number of benzene rings is 2. The number of halogens is 1. The topological polar surface area (TPSA) is 86.8 Å². The molecule has 0 radical (unpaired) electrons. The van der Waals surface area contributed by atoms with Gasteiger partial charge in [0.05, 0.1) is 11.9 Å². The lowest BCUT2D eigenvalue weighted by Crippen LogP contribution is -2.37. The molecule has 0 spiro atoms. The Morgan fingerprint density at radius 2 is 1.69 bits per heavy atom. The normalized spacial score (nSPS) is 11.0.